The van der Waals surface area contributed by atoms with Crippen molar-refractivity contribution < 1.29 is 29.9 Å². The molecule has 0 aliphatic heterocycles. The van der Waals surface area contributed by atoms with E-state index in [1.165, 1.54) is 0 Å². The van der Waals surface area contributed by atoms with Gasteiger partial charge in [-0.25, -0.2) is 0 Å². The Bertz CT molecular complexity index is 624. The Kier molecular flexibility index (Phi) is 7.41. The Morgan fingerprint density at radius 3 is 1.35 bits per heavy atom. The van der Waals surface area contributed by atoms with Crippen molar-refractivity contribution >= 4 is 0 Å². The average Bonchev–Trinajstić information content (AvgIpc) is 2.62. The van der Waals surface area contributed by atoms with Crippen LogP contribution < -0.4 is 0 Å². The van der Waals surface area contributed by atoms with Crippen molar-refractivity contribution in [2.75, 3.05) is 27.4 Å². The van der Waals surface area contributed by atoms with Gasteiger partial charge in [0.25, 0.3) is 0 Å². The first-order valence-corrected chi connectivity index (χ1v) is 8.45. The highest BCUT2D eigenvalue weighted by molar-refractivity contribution is 5.70. The number of hydrogen-bond donors (Lipinski definition) is 4. The second kappa shape index (κ2) is 9.54. The van der Waals surface area contributed by atoms with Gasteiger partial charge in [0, 0.05) is 38.6 Å². The van der Waals surface area contributed by atoms with Crippen LogP contribution in [0.1, 0.15) is 22.3 Å². The predicted molar refractivity (Wildman–Crippen MR) is 98.2 cm³/mol. The molecule has 0 saturated heterocycles. The van der Waals surface area contributed by atoms with Gasteiger partial charge in [-0.3, -0.25) is 0 Å². The average molecular weight is 362 g/mol. The lowest BCUT2D eigenvalue weighted by molar-refractivity contribution is 0.174. The molecule has 2 rings (SSSR count). The number of aromatic hydroxyl groups is 2. The molecule has 142 valence electrons. The lowest BCUT2D eigenvalue weighted by atomic mass is 9.93. The molecule has 2 aromatic carbocycles. The lowest BCUT2D eigenvalue weighted by Crippen LogP contribution is -2.00. The first kappa shape index (κ1) is 20.2. The van der Waals surface area contributed by atoms with Crippen LogP contribution in [-0.4, -0.2) is 47.9 Å². The first-order chi connectivity index (χ1) is 12.5. The van der Waals surface area contributed by atoms with Crippen molar-refractivity contribution in [1.29, 1.82) is 0 Å². The van der Waals surface area contributed by atoms with Gasteiger partial charge in [-0.1, -0.05) is 0 Å². The van der Waals surface area contributed by atoms with Crippen molar-refractivity contribution in [3.8, 4) is 22.6 Å². The summed E-state index contributed by atoms with van der Waals surface area (Å²) < 4.78 is 10.3. The van der Waals surface area contributed by atoms with Crippen molar-refractivity contribution in [2.24, 2.45) is 0 Å². The van der Waals surface area contributed by atoms with E-state index in [2.05, 4.69) is 0 Å². The van der Waals surface area contributed by atoms with E-state index in [1.54, 1.807) is 14.2 Å². The number of methoxy groups -OCH3 is 2. The van der Waals surface area contributed by atoms with Crippen LogP contribution in [0, 0.1) is 0 Å². The lowest BCUT2D eigenvalue weighted by Gasteiger charge is -2.16. The summed E-state index contributed by atoms with van der Waals surface area (Å²) in [5, 5.41) is 39.2. The number of ether oxygens (including phenoxy) is 2. The first-order valence-electron chi connectivity index (χ1n) is 8.45. The molecule has 0 unspecified atom stereocenters. The number of aliphatic hydroxyl groups excluding tert-OH is 2. The molecule has 0 amide bonds. The minimum Gasteiger partial charge on any atom is -0.507 e. The van der Waals surface area contributed by atoms with Crippen molar-refractivity contribution in [3.63, 3.8) is 0 Å². The number of benzene rings is 2. The SMILES string of the molecule is COCc1cc(-c2cc(CCO)c(O)c(CCO)c2)cc(COC)c1O. The summed E-state index contributed by atoms with van der Waals surface area (Å²) in [6.07, 6.45) is 0.623. The summed E-state index contributed by atoms with van der Waals surface area (Å²) in [6, 6.07) is 7.28. The normalized spacial score (nSPS) is 11.1. The molecule has 0 aliphatic rings. The molecule has 0 aromatic heterocycles. The second-order valence-corrected chi connectivity index (χ2v) is 6.10. The van der Waals surface area contributed by atoms with E-state index < -0.39 is 0 Å². The highest BCUT2D eigenvalue weighted by atomic mass is 16.5. The molecule has 0 radical (unpaired) electrons. The van der Waals surface area contributed by atoms with Crippen LogP contribution in [-0.2, 0) is 35.5 Å². The molecule has 0 heterocycles. The van der Waals surface area contributed by atoms with Gasteiger partial charge >= 0.3 is 0 Å². The third kappa shape index (κ3) is 4.53. The Hall–Kier alpha value is -2.12. The zero-order valence-electron chi connectivity index (χ0n) is 15.2. The molecule has 4 N–H and O–H groups in total. The Balaban J connectivity index is 2.61. The van der Waals surface area contributed by atoms with E-state index in [9.17, 15) is 20.4 Å². The number of hydrogen-bond acceptors (Lipinski definition) is 6. The molecule has 0 aliphatic carbocycles. The van der Waals surface area contributed by atoms with Crippen LogP contribution in [0.4, 0.5) is 0 Å². The van der Waals surface area contributed by atoms with Crippen LogP contribution in [0.15, 0.2) is 24.3 Å². The van der Waals surface area contributed by atoms with Gasteiger partial charge in [-0.15, -0.1) is 0 Å². The maximum Gasteiger partial charge on any atom is 0.126 e. The number of aliphatic hydroxyl groups is 2. The molecule has 6 nitrogen and oxygen atoms in total. The molecule has 0 bridgehead atoms. The van der Waals surface area contributed by atoms with Gasteiger partial charge < -0.3 is 29.9 Å². The molecule has 0 spiro atoms. The largest absolute Gasteiger partial charge is 0.507 e. The minimum atomic E-state index is -0.0883. The maximum absolute atomic E-state index is 10.4. The summed E-state index contributed by atoms with van der Waals surface area (Å²) in [4.78, 5) is 0. The van der Waals surface area contributed by atoms with Gasteiger partial charge in [-0.05, 0) is 59.4 Å². The van der Waals surface area contributed by atoms with Crippen LogP contribution in [0.3, 0.4) is 0 Å². The van der Waals surface area contributed by atoms with Crippen LogP contribution in [0.5, 0.6) is 11.5 Å². The highest BCUT2D eigenvalue weighted by Gasteiger charge is 2.15. The smallest absolute Gasteiger partial charge is 0.126 e. The van der Waals surface area contributed by atoms with E-state index in [0.717, 1.165) is 11.1 Å². The molecule has 0 fully saturated rings. The molecule has 0 saturated carbocycles. The van der Waals surface area contributed by atoms with E-state index in [0.29, 0.717) is 35.1 Å². The minimum absolute atomic E-state index is 0.0883. The third-order valence-corrected chi connectivity index (χ3v) is 4.23. The third-order valence-electron chi connectivity index (χ3n) is 4.23. The summed E-state index contributed by atoms with van der Waals surface area (Å²) in [5.74, 6) is 0.243. The zero-order chi connectivity index (χ0) is 19.1. The maximum atomic E-state index is 10.4. The molecular weight excluding hydrogens is 336 g/mol. The Labute approximate surface area is 153 Å². The van der Waals surface area contributed by atoms with E-state index in [1.807, 2.05) is 24.3 Å². The van der Waals surface area contributed by atoms with Crippen molar-refractivity contribution in [3.05, 3.63) is 46.5 Å². The molecule has 26 heavy (non-hydrogen) atoms. The monoisotopic (exact) mass is 362 g/mol. The number of rotatable bonds is 9. The molecular formula is C20H26O6. The Morgan fingerprint density at radius 2 is 1.00 bits per heavy atom. The van der Waals surface area contributed by atoms with E-state index in [4.69, 9.17) is 9.47 Å². The van der Waals surface area contributed by atoms with Gasteiger partial charge in [0.05, 0.1) is 13.2 Å². The molecule has 6 heteroatoms. The summed E-state index contributed by atoms with van der Waals surface area (Å²) >= 11 is 0. The van der Waals surface area contributed by atoms with Gasteiger partial charge in [0.15, 0.2) is 0 Å². The summed E-state index contributed by atoms with van der Waals surface area (Å²) in [5.41, 5.74) is 4.16. The number of phenols is 2. The van der Waals surface area contributed by atoms with Crippen LogP contribution >= 0.6 is 0 Å². The quantitative estimate of drug-likeness (QED) is 0.545. The summed E-state index contributed by atoms with van der Waals surface area (Å²) in [6.45, 7) is 0.326. The highest BCUT2D eigenvalue weighted by Crippen LogP contribution is 2.35. The van der Waals surface area contributed by atoms with Crippen LogP contribution in [0.2, 0.25) is 0 Å². The van der Waals surface area contributed by atoms with E-state index >= 15 is 0 Å². The topological polar surface area (TPSA) is 99.4 Å². The fourth-order valence-electron chi connectivity index (χ4n) is 3.01. The second-order valence-electron chi connectivity index (χ2n) is 6.10. The zero-order valence-corrected chi connectivity index (χ0v) is 15.2. The van der Waals surface area contributed by atoms with Crippen molar-refractivity contribution in [2.45, 2.75) is 26.1 Å². The number of phenolic OH excluding ortho intramolecular Hbond substituents is 2. The fourth-order valence-corrected chi connectivity index (χ4v) is 3.01. The van der Waals surface area contributed by atoms with Gasteiger partial charge in [0.1, 0.15) is 11.5 Å². The Morgan fingerprint density at radius 1 is 0.654 bits per heavy atom. The van der Waals surface area contributed by atoms with Gasteiger partial charge in [0.2, 0.25) is 0 Å². The molecule has 2 aromatic rings. The predicted octanol–water partition coefficient (Wildman–Crippen LogP) is 2.13. The van der Waals surface area contributed by atoms with Gasteiger partial charge in [-0.2, -0.15) is 0 Å². The van der Waals surface area contributed by atoms with Crippen molar-refractivity contribution in [1.82, 2.24) is 0 Å². The summed E-state index contributed by atoms with van der Waals surface area (Å²) in [7, 11) is 3.11. The van der Waals surface area contributed by atoms with Crippen LogP contribution in [0.25, 0.3) is 11.1 Å². The fraction of sp³-hybridized carbons (Fsp3) is 0.400. The van der Waals surface area contributed by atoms with E-state index in [-0.39, 0.29) is 37.9 Å². The molecule has 0 atom stereocenters. The standard InChI is InChI=1S/C20H26O6/c1-25-11-17-9-16(10-18(12-26-2)20(17)24)15-7-13(3-5-21)19(23)14(8-15)4-6-22/h7-10,21-24H,3-6,11-12H2,1-2H3.